The van der Waals surface area contributed by atoms with E-state index in [1.165, 1.54) is 0 Å². The number of carbonyl (C=O) groups excluding carboxylic acids is 2. The van der Waals surface area contributed by atoms with Gasteiger partial charge >= 0.3 is 0 Å². The first-order valence-electron chi connectivity index (χ1n) is 5.44. The van der Waals surface area contributed by atoms with Crippen LogP contribution in [0.4, 0.5) is 5.95 Å². The maximum absolute atomic E-state index is 11.8. The number of nitrogens with zero attached hydrogens (tertiary/aromatic N) is 2. The molecule has 0 radical (unpaired) electrons. The number of nitrogens with one attached hydrogen (secondary N) is 2. The second-order valence-corrected chi connectivity index (χ2v) is 4.17. The molecular weight excluding hydrogens is 220 g/mol. The molecule has 6 nitrogen and oxygen atoms in total. The van der Waals surface area contributed by atoms with Gasteiger partial charge in [0, 0.05) is 24.4 Å². The highest BCUT2D eigenvalue weighted by Gasteiger charge is 2.28. The normalized spacial score (nSPS) is 18.9. The number of hydrogen-bond donors (Lipinski definition) is 2. The van der Waals surface area contributed by atoms with Crippen LogP contribution >= 0.6 is 0 Å². The Kier molecular flexibility index (Phi) is 3.03. The van der Waals surface area contributed by atoms with Crippen LogP contribution in [0.2, 0.25) is 0 Å². The molecule has 1 unspecified atom stereocenters. The molecule has 1 fully saturated rings. The molecule has 0 aliphatic carbocycles. The molecule has 1 aromatic rings. The van der Waals surface area contributed by atoms with Gasteiger partial charge in [-0.2, -0.15) is 0 Å². The average molecular weight is 234 g/mol. The van der Waals surface area contributed by atoms with Gasteiger partial charge in [-0.3, -0.25) is 14.9 Å². The Balaban J connectivity index is 2.05. The third-order valence-corrected chi connectivity index (χ3v) is 2.57. The molecule has 2 rings (SSSR count). The van der Waals surface area contributed by atoms with Gasteiger partial charge in [0.1, 0.15) is 0 Å². The molecule has 1 aliphatic heterocycles. The van der Waals surface area contributed by atoms with E-state index >= 15 is 0 Å². The molecule has 1 aromatic heterocycles. The largest absolute Gasteiger partial charge is 0.355 e. The summed E-state index contributed by atoms with van der Waals surface area (Å²) in [6.45, 7) is 4.06. The zero-order chi connectivity index (χ0) is 12.4. The fourth-order valence-corrected chi connectivity index (χ4v) is 1.78. The summed E-state index contributed by atoms with van der Waals surface area (Å²) in [5.41, 5.74) is 1.60. The molecule has 0 aromatic carbocycles. The predicted octanol–water partition coefficient (Wildman–Crippen LogP) is 0.168. The minimum absolute atomic E-state index is 0.0912. The third kappa shape index (κ3) is 2.77. The first-order valence-corrected chi connectivity index (χ1v) is 5.44. The van der Waals surface area contributed by atoms with Crippen LogP contribution in [0.5, 0.6) is 0 Å². The minimum Gasteiger partial charge on any atom is -0.355 e. The molecule has 0 bridgehead atoms. The van der Waals surface area contributed by atoms with Crippen LogP contribution in [0.1, 0.15) is 17.8 Å². The van der Waals surface area contributed by atoms with E-state index in [0.29, 0.717) is 12.5 Å². The first-order chi connectivity index (χ1) is 8.04. The fourth-order valence-electron chi connectivity index (χ4n) is 1.78. The second kappa shape index (κ2) is 4.48. The van der Waals surface area contributed by atoms with E-state index in [4.69, 9.17) is 0 Å². The Morgan fingerprint density at radius 3 is 2.59 bits per heavy atom. The molecule has 1 atom stereocenters. The Morgan fingerprint density at radius 2 is 2.06 bits per heavy atom. The van der Waals surface area contributed by atoms with Gasteiger partial charge in [-0.15, -0.1) is 0 Å². The Bertz CT molecular complexity index is 452. The molecule has 2 amide bonds. The summed E-state index contributed by atoms with van der Waals surface area (Å²) in [6, 6.07) is 1.83. The van der Waals surface area contributed by atoms with Gasteiger partial charge in [-0.25, -0.2) is 9.97 Å². The van der Waals surface area contributed by atoms with Gasteiger partial charge < -0.3 is 5.32 Å². The maximum atomic E-state index is 11.8. The molecule has 2 N–H and O–H groups in total. The molecular formula is C11H14N4O2. The molecule has 1 aliphatic rings. The van der Waals surface area contributed by atoms with Gasteiger partial charge in [0.05, 0.1) is 5.92 Å². The smallest absolute Gasteiger partial charge is 0.232 e. The van der Waals surface area contributed by atoms with Crippen molar-refractivity contribution >= 4 is 17.8 Å². The third-order valence-electron chi connectivity index (χ3n) is 2.57. The van der Waals surface area contributed by atoms with Crippen molar-refractivity contribution in [2.75, 3.05) is 11.9 Å². The van der Waals surface area contributed by atoms with Crippen molar-refractivity contribution in [2.24, 2.45) is 5.92 Å². The van der Waals surface area contributed by atoms with E-state index in [9.17, 15) is 9.59 Å². The summed E-state index contributed by atoms with van der Waals surface area (Å²) in [5.74, 6) is -0.335. The van der Waals surface area contributed by atoms with Crippen LogP contribution in [0, 0.1) is 19.8 Å². The molecule has 2 heterocycles. The number of carbonyl (C=O) groups is 2. The second-order valence-electron chi connectivity index (χ2n) is 4.17. The summed E-state index contributed by atoms with van der Waals surface area (Å²) in [5, 5.41) is 5.25. The standard InChI is InChI=1S/C11H14N4O2/c1-6-3-7(2)14-11(13-6)15-10(17)8-4-9(16)12-5-8/h3,8H,4-5H2,1-2H3,(H,12,16)(H,13,14,15,17). The van der Waals surface area contributed by atoms with Crippen molar-refractivity contribution < 1.29 is 9.59 Å². The van der Waals surface area contributed by atoms with Crippen LogP contribution in [-0.4, -0.2) is 28.3 Å². The van der Waals surface area contributed by atoms with Crippen molar-refractivity contribution in [3.63, 3.8) is 0 Å². The monoisotopic (exact) mass is 234 g/mol. The van der Waals surface area contributed by atoms with Crippen molar-refractivity contribution in [1.82, 2.24) is 15.3 Å². The lowest BCUT2D eigenvalue weighted by Gasteiger charge is -2.08. The minimum atomic E-state index is -0.327. The van der Waals surface area contributed by atoms with Crippen molar-refractivity contribution in [1.29, 1.82) is 0 Å². The summed E-state index contributed by atoms with van der Waals surface area (Å²) >= 11 is 0. The highest BCUT2D eigenvalue weighted by atomic mass is 16.2. The average Bonchev–Trinajstić information content (AvgIpc) is 2.63. The van der Waals surface area contributed by atoms with Crippen molar-refractivity contribution in [2.45, 2.75) is 20.3 Å². The molecule has 0 saturated carbocycles. The van der Waals surface area contributed by atoms with E-state index in [0.717, 1.165) is 11.4 Å². The topological polar surface area (TPSA) is 84.0 Å². The lowest BCUT2D eigenvalue weighted by Crippen LogP contribution is -2.25. The number of rotatable bonds is 2. The van der Waals surface area contributed by atoms with Crippen LogP contribution in [0.25, 0.3) is 0 Å². The quantitative estimate of drug-likeness (QED) is 0.764. The van der Waals surface area contributed by atoms with Crippen molar-refractivity contribution in [3.8, 4) is 0 Å². The fraction of sp³-hybridized carbons (Fsp3) is 0.455. The molecule has 6 heteroatoms. The van der Waals surface area contributed by atoms with E-state index in [2.05, 4.69) is 20.6 Å². The zero-order valence-electron chi connectivity index (χ0n) is 9.78. The SMILES string of the molecule is Cc1cc(C)nc(NC(=O)C2CNC(=O)C2)n1. The van der Waals surface area contributed by atoms with Crippen molar-refractivity contribution in [3.05, 3.63) is 17.5 Å². The van der Waals surface area contributed by atoms with E-state index in [-0.39, 0.29) is 24.2 Å². The van der Waals surface area contributed by atoms with E-state index in [1.54, 1.807) is 0 Å². The van der Waals surface area contributed by atoms with E-state index in [1.807, 2.05) is 19.9 Å². The Morgan fingerprint density at radius 1 is 1.41 bits per heavy atom. The molecule has 17 heavy (non-hydrogen) atoms. The lowest BCUT2D eigenvalue weighted by molar-refractivity contribution is -0.123. The number of aryl methyl sites for hydroxylation is 2. The molecule has 1 saturated heterocycles. The van der Waals surface area contributed by atoms with Crippen LogP contribution in [0.3, 0.4) is 0 Å². The lowest BCUT2D eigenvalue weighted by atomic mass is 10.1. The van der Waals surface area contributed by atoms with E-state index < -0.39 is 0 Å². The van der Waals surface area contributed by atoms with Gasteiger partial charge in [0.15, 0.2) is 0 Å². The molecule has 0 spiro atoms. The molecule has 90 valence electrons. The Hall–Kier alpha value is -1.98. The van der Waals surface area contributed by atoms with Crippen LogP contribution < -0.4 is 10.6 Å². The number of aromatic nitrogens is 2. The highest BCUT2D eigenvalue weighted by Crippen LogP contribution is 2.12. The summed E-state index contributed by atoms with van der Waals surface area (Å²) in [7, 11) is 0. The number of hydrogen-bond acceptors (Lipinski definition) is 4. The zero-order valence-corrected chi connectivity index (χ0v) is 9.78. The van der Waals surface area contributed by atoms with Crippen LogP contribution in [0.15, 0.2) is 6.07 Å². The maximum Gasteiger partial charge on any atom is 0.232 e. The number of amides is 2. The van der Waals surface area contributed by atoms with Crippen LogP contribution in [-0.2, 0) is 9.59 Å². The van der Waals surface area contributed by atoms with Gasteiger partial charge in [-0.05, 0) is 19.9 Å². The Labute approximate surface area is 98.8 Å². The summed E-state index contributed by atoms with van der Waals surface area (Å²) < 4.78 is 0. The van der Waals surface area contributed by atoms with Gasteiger partial charge in [0.25, 0.3) is 0 Å². The summed E-state index contributed by atoms with van der Waals surface area (Å²) in [4.78, 5) is 31.0. The number of anilines is 1. The first kappa shape index (κ1) is 11.5. The van der Waals surface area contributed by atoms with Gasteiger partial charge in [0.2, 0.25) is 17.8 Å². The van der Waals surface area contributed by atoms with Gasteiger partial charge in [-0.1, -0.05) is 0 Å². The predicted molar refractivity (Wildman–Crippen MR) is 61.3 cm³/mol. The summed E-state index contributed by atoms with van der Waals surface area (Å²) in [6.07, 6.45) is 0.233. The highest BCUT2D eigenvalue weighted by molar-refractivity contribution is 5.96.